The van der Waals surface area contributed by atoms with Crippen LogP contribution in [0.2, 0.25) is 0 Å². The van der Waals surface area contributed by atoms with Crippen molar-refractivity contribution < 1.29 is 4.79 Å². The van der Waals surface area contributed by atoms with Crippen LogP contribution in [0.25, 0.3) is 0 Å². The normalized spacial score (nSPS) is 34.4. The van der Waals surface area contributed by atoms with Crippen LogP contribution in [0.4, 0.5) is 0 Å². The highest BCUT2D eigenvalue weighted by atomic mass is 16.2. The summed E-state index contributed by atoms with van der Waals surface area (Å²) < 4.78 is 0. The zero-order valence-corrected chi connectivity index (χ0v) is 9.12. The second kappa shape index (κ2) is 3.89. The van der Waals surface area contributed by atoms with E-state index in [1.54, 1.807) is 0 Å². The molecule has 1 saturated carbocycles. The van der Waals surface area contributed by atoms with Gasteiger partial charge in [0.05, 0.1) is 6.04 Å². The molecule has 0 aromatic heterocycles. The number of hydrogen-bond donors (Lipinski definition) is 1. The third kappa shape index (κ3) is 1.78. The minimum atomic E-state index is 0.0700. The zero-order valence-electron chi connectivity index (χ0n) is 9.12. The van der Waals surface area contributed by atoms with E-state index in [1.165, 1.54) is 25.7 Å². The van der Waals surface area contributed by atoms with Gasteiger partial charge in [-0.3, -0.25) is 4.79 Å². The third-order valence-corrected chi connectivity index (χ3v) is 3.43. The second-order valence-electron chi connectivity index (χ2n) is 4.60. The van der Waals surface area contributed by atoms with Crippen LogP contribution in [0.1, 0.15) is 39.0 Å². The van der Waals surface area contributed by atoms with Gasteiger partial charge in [0.1, 0.15) is 0 Å². The fourth-order valence-corrected chi connectivity index (χ4v) is 2.44. The molecular weight excluding hydrogens is 176 g/mol. The van der Waals surface area contributed by atoms with E-state index in [0.717, 1.165) is 6.42 Å². The van der Waals surface area contributed by atoms with Crippen molar-refractivity contribution in [3.63, 3.8) is 0 Å². The van der Waals surface area contributed by atoms with Crippen LogP contribution in [0.3, 0.4) is 0 Å². The topological polar surface area (TPSA) is 32.3 Å². The monoisotopic (exact) mass is 196 g/mol. The maximum Gasteiger partial charge on any atom is 0.240 e. The van der Waals surface area contributed by atoms with Crippen molar-refractivity contribution in [1.82, 2.24) is 10.2 Å². The van der Waals surface area contributed by atoms with Crippen LogP contribution < -0.4 is 5.32 Å². The van der Waals surface area contributed by atoms with Gasteiger partial charge in [0.15, 0.2) is 0 Å². The summed E-state index contributed by atoms with van der Waals surface area (Å²) in [6, 6.07) is 1.08. The van der Waals surface area contributed by atoms with Gasteiger partial charge in [-0.1, -0.05) is 0 Å². The number of likely N-dealkylation sites (tertiary alicyclic amines) is 1. The van der Waals surface area contributed by atoms with E-state index in [-0.39, 0.29) is 6.04 Å². The molecule has 1 heterocycles. The van der Waals surface area contributed by atoms with Gasteiger partial charge >= 0.3 is 0 Å². The highest BCUT2D eigenvalue weighted by molar-refractivity contribution is 5.83. The number of nitrogens with zero attached hydrogens (tertiary/aromatic N) is 1. The molecule has 1 aliphatic heterocycles. The minimum absolute atomic E-state index is 0.0700. The SMILES string of the molecule is CNC1CCCC(C)N(C2CC2)C1=O. The molecule has 2 aliphatic rings. The Morgan fingerprint density at radius 1 is 1.29 bits per heavy atom. The molecule has 3 heteroatoms. The summed E-state index contributed by atoms with van der Waals surface area (Å²) in [5.74, 6) is 0.333. The maximum atomic E-state index is 12.1. The van der Waals surface area contributed by atoms with E-state index in [2.05, 4.69) is 17.1 Å². The lowest BCUT2D eigenvalue weighted by Crippen LogP contribution is -2.47. The maximum absolute atomic E-state index is 12.1. The lowest BCUT2D eigenvalue weighted by atomic mass is 10.1. The van der Waals surface area contributed by atoms with Gasteiger partial charge in [-0.05, 0) is 46.1 Å². The van der Waals surface area contributed by atoms with Crippen molar-refractivity contribution in [3.05, 3.63) is 0 Å². The first-order valence-corrected chi connectivity index (χ1v) is 5.73. The molecule has 3 nitrogen and oxygen atoms in total. The summed E-state index contributed by atoms with van der Waals surface area (Å²) in [4.78, 5) is 14.3. The van der Waals surface area contributed by atoms with Crippen LogP contribution in [-0.4, -0.2) is 36.0 Å². The highest BCUT2D eigenvalue weighted by Crippen LogP contribution is 2.32. The molecular formula is C11H20N2O. The van der Waals surface area contributed by atoms with Crippen molar-refractivity contribution >= 4 is 5.91 Å². The number of carbonyl (C=O) groups excluding carboxylic acids is 1. The van der Waals surface area contributed by atoms with Crippen LogP contribution >= 0.6 is 0 Å². The molecule has 0 radical (unpaired) electrons. The number of carbonyl (C=O) groups is 1. The molecule has 14 heavy (non-hydrogen) atoms. The Bertz CT molecular complexity index is 225. The van der Waals surface area contributed by atoms with E-state index in [0.29, 0.717) is 18.0 Å². The van der Waals surface area contributed by atoms with Gasteiger partial charge in [-0.2, -0.15) is 0 Å². The standard InChI is InChI=1S/C11H20N2O/c1-8-4-3-5-10(12-2)11(14)13(8)9-6-7-9/h8-10,12H,3-7H2,1-2H3. The number of amides is 1. The van der Waals surface area contributed by atoms with Gasteiger partial charge in [0, 0.05) is 12.1 Å². The molecule has 2 atom stereocenters. The highest BCUT2D eigenvalue weighted by Gasteiger charge is 2.39. The Labute approximate surface area is 85.8 Å². The van der Waals surface area contributed by atoms with E-state index in [4.69, 9.17) is 0 Å². The van der Waals surface area contributed by atoms with Crippen molar-refractivity contribution in [3.8, 4) is 0 Å². The molecule has 0 aromatic rings. The largest absolute Gasteiger partial charge is 0.336 e. The van der Waals surface area contributed by atoms with Gasteiger partial charge in [0.2, 0.25) is 5.91 Å². The molecule has 1 aliphatic carbocycles. The van der Waals surface area contributed by atoms with Crippen LogP contribution in [-0.2, 0) is 4.79 Å². The smallest absolute Gasteiger partial charge is 0.240 e. The summed E-state index contributed by atoms with van der Waals surface area (Å²) in [5, 5.41) is 3.14. The van der Waals surface area contributed by atoms with Crippen molar-refractivity contribution in [2.24, 2.45) is 0 Å². The number of rotatable bonds is 2. The first kappa shape index (κ1) is 9.97. The number of nitrogens with one attached hydrogen (secondary N) is 1. The van der Waals surface area contributed by atoms with Gasteiger partial charge in [-0.25, -0.2) is 0 Å². The van der Waals surface area contributed by atoms with Crippen molar-refractivity contribution in [2.75, 3.05) is 7.05 Å². The number of hydrogen-bond acceptors (Lipinski definition) is 2. The van der Waals surface area contributed by atoms with Crippen LogP contribution in [0, 0.1) is 0 Å². The van der Waals surface area contributed by atoms with Gasteiger partial charge in [-0.15, -0.1) is 0 Å². The summed E-state index contributed by atoms with van der Waals surface area (Å²) in [7, 11) is 1.89. The van der Waals surface area contributed by atoms with E-state index in [9.17, 15) is 4.79 Å². The van der Waals surface area contributed by atoms with E-state index in [1.807, 2.05) is 7.05 Å². The molecule has 2 fully saturated rings. The predicted molar refractivity (Wildman–Crippen MR) is 56.0 cm³/mol. The first-order chi connectivity index (χ1) is 6.74. The molecule has 80 valence electrons. The lowest BCUT2D eigenvalue weighted by molar-refractivity contribution is -0.135. The van der Waals surface area contributed by atoms with E-state index >= 15 is 0 Å². The molecule has 0 bridgehead atoms. The van der Waals surface area contributed by atoms with Gasteiger partial charge in [0.25, 0.3) is 0 Å². The lowest BCUT2D eigenvalue weighted by Gasteiger charge is -2.29. The number of likely N-dealkylation sites (N-methyl/N-ethyl adjacent to an activating group) is 1. The fourth-order valence-electron chi connectivity index (χ4n) is 2.44. The average molecular weight is 196 g/mol. The van der Waals surface area contributed by atoms with E-state index < -0.39 is 0 Å². The minimum Gasteiger partial charge on any atom is -0.336 e. The van der Waals surface area contributed by atoms with Crippen molar-refractivity contribution in [2.45, 2.75) is 57.2 Å². The molecule has 2 rings (SSSR count). The van der Waals surface area contributed by atoms with Crippen molar-refractivity contribution in [1.29, 1.82) is 0 Å². The second-order valence-corrected chi connectivity index (χ2v) is 4.60. The molecule has 1 N–H and O–H groups in total. The van der Waals surface area contributed by atoms with Crippen LogP contribution in [0.15, 0.2) is 0 Å². The van der Waals surface area contributed by atoms with Crippen LogP contribution in [0.5, 0.6) is 0 Å². The summed E-state index contributed by atoms with van der Waals surface area (Å²) in [5.41, 5.74) is 0. The Balaban J connectivity index is 2.11. The Kier molecular flexibility index (Phi) is 2.77. The predicted octanol–water partition coefficient (Wildman–Crippen LogP) is 1.14. The Morgan fingerprint density at radius 3 is 2.57 bits per heavy atom. The van der Waals surface area contributed by atoms with Gasteiger partial charge < -0.3 is 10.2 Å². The molecule has 0 spiro atoms. The fraction of sp³-hybridized carbons (Fsp3) is 0.909. The summed E-state index contributed by atoms with van der Waals surface area (Å²) in [6.45, 7) is 2.19. The average Bonchev–Trinajstić information content (AvgIpc) is 2.95. The third-order valence-electron chi connectivity index (χ3n) is 3.43. The molecule has 1 saturated heterocycles. The zero-order chi connectivity index (χ0) is 10.1. The summed E-state index contributed by atoms with van der Waals surface area (Å²) >= 11 is 0. The quantitative estimate of drug-likeness (QED) is 0.718. The molecule has 1 amide bonds. The molecule has 0 aromatic carbocycles. The first-order valence-electron chi connectivity index (χ1n) is 5.73. The molecule has 2 unspecified atom stereocenters. The Hall–Kier alpha value is -0.570. The summed E-state index contributed by atoms with van der Waals surface area (Å²) in [6.07, 6.45) is 5.77. The Morgan fingerprint density at radius 2 is 2.00 bits per heavy atom.